The fourth-order valence-corrected chi connectivity index (χ4v) is 10.8. The highest BCUT2D eigenvalue weighted by molar-refractivity contribution is 7.98. The Hall–Kier alpha value is -9.25. The van der Waals surface area contributed by atoms with E-state index in [1.807, 2.05) is 60.9 Å². The third-order valence-electron chi connectivity index (χ3n) is 15.6. The van der Waals surface area contributed by atoms with Crippen molar-refractivity contribution < 1.29 is 58.5 Å². The van der Waals surface area contributed by atoms with Gasteiger partial charge in [0.15, 0.2) is 5.96 Å². The van der Waals surface area contributed by atoms with Crippen molar-refractivity contribution in [3.63, 3.8) is 0 Å². The zero-order valence-electron chi connectivity index (χ0n) is 53.4. The predicted octanol–water partition coefficient (Wildman–Crippen LogP) is 0.861. The number of nitrogens with zero attached hydrogens (tertiary/aromatic N) is 1. The van der Waals surface area contributed by atoms with Crippen LogP contribution in [0.5, 0.6) is 11.5 Å². The Morgan fingerprint density at radius 2 is 0.915 bits per heavy atom. The maximum atomic E-state index is 15.0. The van der Waals surface area contributed by atoms with Crippen LogP contribution >= 0.6 is 11.8 Å². The average Bonchev–Trinajstić information content (AvgIpc) is 1.59. The molecule has 0 unspecified atom stereocenters. The number of fused-ring (bicyclic) bond motifs is 1. The summed E-state index contributed by atoms with van der Waals surface area (Å²) in [7, 11) is 0. The number of phenolic OH excluding ortho intramolecular Hbond substituents is 2. The Kier molecular flexibility index (Phi) is 31.6. The molecule has 5 rings (SSSR count). The molecule has 9 atom stereocenters. The first-order valence-electron chi connectivity index (χ1n) is 31.5. The first-order chi connectivity index (χ1) is 45.0. The Bertz CT molecular complexity index is 3300. The summed E-state index contributed by atoms with van der Waals surface area (Å²) in [5.74, 6) is -8.27. The van der Waals surface area contributed by atoms with Crippen molar-refractivity contribution >= 4 is 81.9 Å². The minimum absolute atomic E-state index is 0.0101. The van der Waals surface area contributed by atoms with Gasteiger partial charge in [-0.3, -0.25) is 43.3 Å². The maximum Gasteiger partial charge on any atom is 0.326 e. The maximum absolute atomic E-state index is 15.0. The van der Waals surface area contributed by atoms with Gasteiger partial charge in [-0.05, 0) is 148 Å². The summed E-state index contributed by atoms with van der Waals surface area (Å²) in [6, 6.07) is 16.2. The number of thioether (sulfide) groups is 1. The van der Waals surface area contributed by atoms with Crippen molar-refractivity contribution in [2.24, 2.45) is 39.6 Å². The number of guanidine groups is 1. The Balaban J connectivity index is 1.46. The van der Waals surface area contributed by atoms with Crippen LogP contribution in [0.3, 0.4) is 0 Å². The monoisotopic (exact) mass is 1320 g/mol. The molecule has 510 valence electrons. The van der Waals surface area contributed by atoms with E-state index in [1.54, 1.807) is 20.0 Å². The van der Waals surface area contributed by atoms with Gasteiger partial charge in [0, 0.05) is 42.9 Å². The van der Waals surface area contributed by atoms with Gasteiger partial charge in [-0.25, -0.2) is 4.79 Å². The molecule has 0 radical (unpaired) electrons. The number of carboxylic acids is 1. The minimum atomic E-state index is -1.51. The SMILES string of the molecule is CSCC[C@H](NC(=O)[C@@H](N)Cc1ccccc1)C(=O)N[C@@H](Cc1c[nH]c2ccccc12)C(=O)N[C@H](C(=O)N[C@@H](Cc1ccc(O)cc1)C(=O)N[C@@H](CCCN=C(N)N)C(=O)N[C@@H](Cc1ccc(O)cc1)C(=O)N[C@@H](CCCCN)C(=O)N[C@@H](CCCCN)C(=O)O)C(C)C. The van der Waals surface area contributed by atoms with Gasteiger partial charge in [0.1, 0.15) is 59.8 Å². The van der Waals surface area contributed by atoms with Gasteiger partial charge in [0.2, 0.25) is 47.3 Å². The number of hydrogen-bond donors (Lipinski definition) is 17. The van der Waals surface area contributed by atoms with Gasteiger partial charge >= 0.3 is 5.97 Å². The van der Waals surface area contributed by atoms with Crippen LogP contribution in [0.1, 0.15) is 93.9 Å². The average molecular weight is 1320 g/mol. The van der Waals surface area contributed by atoms with Crippen molar-refractivity contribution in [1.82, 2.24) is 47.5 Å². The number of carbonyl (C=O) groups excluding carboxylic acids is 8. The van der Waals surface area contributed by atoms with Crippen molar-refractivity contribution in [2.45, 2.75) is 152 Å². The highest BCUT2D eigenvalue weighted by Crippen LogP contribution is 2.21. The van der Waals surface area contributed by atoms with E-state index in [4.69, 9.17) is 28.7 Å². The summed E-state index contributed by atoms with van der Waals surface area (Å²) in [6.45, 7) is 3.88. The second-order valence-electron chi connectivity index (χ2n) is 23.4. The molecule has 27 nitrogen and oxygen atoms in total. The summed E-state index contributed by atoms with van der Waals surface area (Å²) in [6.07, 6.45) is 5.17. The van der Waals surface area contributed by atoms with E-state index >= 15 is 0 Å². The lowest BCUT2D eigenvalue weighted by Gasteiger charge is -2.29. The summed E-state index contributed by atoms with van der Waals surface area (Å²) in [5.41, 5.74) is 32.1. The largest absolute Gasteiger partial charge is 0.508 e. The number of hydrogen-bond acceptors (Lipinski definition) is 16. The summed E-state index contributed by atoms with van der Waals surface area (Å²) >= 11 is 1.45. The van der Waals surface area contributed by atoms with Gasteiger partial charge < -0.3 is 91.5 Å². The molecule has 94 heavy (non-hydrogen) atoms. The number of aromatic nitrogens is 1. The molecular weight excluding hydrogens is 1230 g/mol. The van der Waals surface area contributed by atoms with E-state index in [0.29, 0.717) is 54.7 Å². The minimum Gasteiger partial charge on any atom is -0.508 e. The number of carbonyl (C=O) groups is 9. The number of aromatic hydroxyl groups is 2. The van der Waals surface area contributed by atoms with Gasteiger partial charge in [-0.15, -0.1) is 0 Å². The van der Waals surface area contributed by atoms with Crippen LogP contribution in [0.25, 0.3) is 10.9 Å². The van der Waals surface area contributed by atoms with Crippen LogP contribution < -0.4 is 71.2 Å². The lowest BCUT2D eigenvalue weighted by atomic mass is 9.98. The van der Waals surface area contributed by atoms with Crippen molar-refractivity contribution in [3.8, 4) is 11.5 Å². The number of nitrogens with two attached hydrogens (primary N) is 5. The molecule has 5 aromatic rings. The third kappa shape index (κ3) is 25.3. The smallest absolute Gasteiger partial charge is 0.326 e. The molecule has 1 aromatic heterocycles. The predicted molar refractivity (Wildman–Crippen MR) is 360 cm³/mol. The second kappa shape index (κ2) is 39.3. The molecule has 0 saturated heterocycles. The van der Waals surface area contributed by atoms with Crippen LogP contribution in [-0.2, 0) is 68.8 Å². The van der Waals surface area contributed by atoms with Crippen LogP contribution in [0.4, 0.5) is 0 Å². The Morgan fingerprint density at radius 3 is 1.43 bits per heavy atom. The highest BCUT2D eigenvalue weighted by Gasteiger charge is 2.37. The molecule has 0 fully saturated rings. The number of aliphatic carboxylic acids is 1. The number of H-pyrrole nitrogens is 1. The molecule has 8 amide bonds. The second-order valence-corrected chi connectivity index (χ2v) is 24.4. The zero-order valence-corrected chi connectivity index (χ0v) is 54.3. The van der Waals surface area contributed by atoms with Gasteiger partial charge in [0.25, 0.3) is 0 Å². The number of carboxylic acid groups (broad SMARTS) is 1. The molecule has 0 bridgehead atoms. The molecule has 0 aliphatic heterocycles. The number of rotatable bonds is 41. The number of aromatic amines is 1. The van der Waals surface area contributed by atoms with E-state index in [0.717, 1.165) is 16.5 Å². The Labute approximate surface area is 551 Å². The first kappa shape index (κ1) is 75.5. The number of para-hydroxylation sites is 1. The number of unbranched alkanes of at least 4 members (excludes halogenated alkanes) is 2. The summed E-state index contributed by atoms with van der Waals surface area (Å²) in [5, 5.41) is 53.0. The molecule has 0 spiro atoms. The van der Waals surface area contributed by atoms with Gasteiger partial charge in [0.05, 0.1) is 6.04 Å². The topological polar surface area (TPSA) is 469 Å². The number of amides is 8. The van der Waals surface area contributed by atoms with Crippen LogP contribution in [0, 0.1) is 5.92 Å². The van der Waals surface area contributed by atoms with Crippen molar-refractivity contribution in [2.75, 3.05) is 31.6 Å². The van der Waals surface area contributed by atoms with E-state index in [1.165, 1.54) is 60.3 Å². The molecule has 1 heterocycles. The van der Waals surface area contributed by atoms with E-state index in [9.17, 15) is 58.5 Å². The number of aliphatic imine (C=N–C) groups is 1. The lowest BCUT2D eigenvalue weighted by Crippen LogP contribution is -2.61. The number of nitrogens with one attached hydrogen (secondary N) is 9. The van der Waals surface area contributed by atoms with E-state index in [-0.39, 0.29) is 88.3 Å². The van der Waals surface area contributed by atoms with Crippen molar-refractivity contribution in [1.29, 1.82) is 0 Å². The summed E-state index contributed by atoms with van der Waals surface area (Å²) < 4.78 is 0. The quantitative estimate of drug-likeness (QED) is 0.0147. The van der Waals surface area contributed by atoms with E-state index < -0.39 is 114 Å². The molecule has 28 heteroatoms. The first-order valence-corrected chi connectivity index (χ1v) is 32.9. The Morgan fingerprint density at radius 1 is 0.489 bits per heavy atom. The molecule has 22 N–H and O–H groups in total. The standard InChI is InChI=1S/C66H93N15O12S/c1-39(2)56(81-63(90)55(37-43-38-73-48-17-8-7-16-46(43)48)79-60(87)51(29-33-94-3)74-57(84)47(69)34-40-14-5-4-6-15-40)64(91)80-54(36-42-23-27-45(83)28-24-42)62(89)76-50(20-13-32-72-66(70)71)59(86)78-53(35-41-21-25-44(82)26-22-41)61(88)75-49(18-9-11-30-67)58(85)77-52(65(92)93)19-10-12-31-68/h4-8,14-17,21-28,38-39,47,49-56,73,82-83H,9-13,18-20,29-37,67-69H2,1-3H3,(H,74,84)(H,75,88)(H,76,89)(H,77,85)(H,78,86)(H,79,87)(H,80,91)(H,81,90)(H,92,93)(H4,70,71,72)/t47-,49-,50-,51-,52-,53-,54-,55-,56-/m0/s1. The fraction of sp³-hybridized carbons (Fsp3) is 0.455. The number of benzene rings is 4. The third-order valence-corrected chi connectivity index (χ3v) is 16.2. The normalized spacial score (nSPS) is 14.1. The molecular formula is C66H93N15O12S. The highest BCUT2D eigenvalue weighted by atomic mass is 32.2. The molecule has 4 aromatic carbocycles. The summed E-state index contributed by atoms with van der Waals surface area (Å²) in [4.78, 5) is 136. The van der Waals surface area contributed by atoms with E-state index in [2.05, 4.69) is 52.5 Å². The fourth-order valence-electron chi connectivity index (χ4n) is 10.3. The molecule has 0 saturated carbocycles. The van der Waals surface area contributed by atoms with Crippen molar-refractivity contribution in [3.05, 3.63) is 132 Å². The van der Waals surface area contributed by atoms with Gasteiger partial charge in [-0.2, -0.15) is 11.8 Å². The zero-order chi connectivity index (χ0) is 68.7. The van der Waals surface area contributed by atoms with Crippen LogP contribution in [-0.4, -0.2) is 166 Å². The van der Waals surface area contributed by atoms with Crippen LogP contribution in [0.15, 0.2) is 114 Å². The number of phenols is 2. The van der Waals surface area contributed by atoms with Crippen LogP contribution in [0.2, 0.25) is 0 Å². The lowest BCUT2D eigenvalue weighted by molar-refractivity contribution is -0.142. The molecule has 0 aliphatic rings. The van der Waals surface area contributed by atoms with Gasteiger partial charge in [-0.1, -0.05) is 86.6 Å². The molecule has 0 aliphatic carbocycles.